The number of likely N-dealkylation sites (tertiary alicyclic amines) is 1. The summed E-state index contributed by atoms with van der Waals surface area (Å²) in [4.78, 5) is 25.7. The highest BCUT2D eigenvalue weighted by molar-refractivity contribution is 5.94. The van der Waals surface area contributed by atoms with Crippen LogP contribution in [0.25, 0.3) is 0 Å². The van der Waals surface area contributed by atoms with Gasteiger partial charge in [0.05, 0.1) is 7.11 Å². The molecule has 146 valence electrons. The van der Waals surface area contributed by atoms with E-state index in [1.165, 1.54) is 0 Å². The van der Waals surface area contributed by atoms with Crippen LogP contribution in [0.4, 0.5) is 0 Å². The lowest BCUT2D eigenvalue weighted by Gasteiger charge is -2.33. The molecular formula is C20H29N5O2. The summed E-state index contributed by atoms with van der Waals surface area (Å²) in [6.45, 7) is 3.49. The Balaban J connectivity index is 1.67. The first-order valence-corrected chi connectivity index (χ1v) is 9.53. The average Bonchev–Trinajstić information content (AvgIpc) is 3.16. The van der Waals surface area contributed by atoms with Gasteiger partial charge in [0.25, 0.3) is 5.91 Å². The Morgan fingerprint density at radius 2 is 2.19 bits per heavy atom. The molecule has 2 aromatic heterocycles. The third-order valence-electron chi connectivity index (χ3n) is 5.02. The Kier molecular flexibility index (Phi) is 6.45. The smallest absolute Gasteiger partial charge is 0.254 e. The number of methoxy groups -OCH3 is 1. The molecule has 7 nitrogen and oxygen atoms in total. The fraction of sp³-hybridized carbons (Fsp3) is 0.550. The minimum Gasteiger partial charge on any atom is -0.481 e. The van der Waals surface area contributed by atoms with Crippen molar-refractivity contribution in [3.63, 3.8) is 0 Å². The molecule has 1 aliphatic heterocycles. The van der Waals surface area contributed by atoms with Gasteiger partial charge in [-0.2, -0.15) is 0 Å². The van der Waals surface area contributed by atoms with E-state index in [-0.39, 0.29) is 11.8 Å². The molecule has 0 aromatic carbocycles. The van der Waals surface area contributed by atoms with Crippen molar-refractivity contribution in [1.82, 2.24) is 24.3 Å². The summed E-state index contributed by atoms with van der Waals surface area (Å²) in [5, 5.41) is 0. The summed E-state index contributed by atoms with van der Waals surface area (Å²) in [6.07, 6.45) is 8.68. The number of hydrogen-bond acceptors (Lipinski definition) is 5. The van der Waals surface area contributed by atoms with E-state index in [0.29, 0.717) is 18.0 Å². The van der Waals surface area contributed by atoms with Gasteiger partial charge in [0.15, 0.2) is 0 Å². The lowest BCUT2D eigenvalue weighted by molar-refractivity contribution is 0.0702. The van der Waals surface area contributed by atoms with Crippen molar-refractivity contribution >= 4 is 5.91 Å². The topological polar surface area (TPSA) is 63.5 Å². The number of pyridine rings is 1. The molecular weight excluding hydrogens is 342 g/mol. The summed E-state index contributed by atoms with van der Waals surface area (Å²) < 4.78 is 7.39. The first kappa shape index (κ1) is 19.4. The van der Waals surface area contributed by atoms with Crippen molar-refractivity contribution in [2.75, 3.05) is 40.8 Å². The van der Waals surface area contributed by atoms with E-state index < -0.39 is 0 Å². The maximum atomic E-state index is 12.9. The minimum absolute atomic E-state index is 0.0334. The second-order valence-electron chi connectivity index (χ2n) is 7.31. The van der Waals surface area contributed by atoms with Gasteiger partial charge >= 0.3 is 0 Å². The van der Waals surface area contributed by atoms with Crippen molar-refractivity contribution < 1.29 is 9.53 Å². The van der Waals surface area contributed by atoms with Crippen LogP contribution < -0.4 is 4.74 Å². The number of aromatic nitrogens is 3. The minimum atomic E-state index is 0.0334. The van der Waals surface area contributed by atoms with Gasteiger partial charge in [0.1, 0.15) is 5.82 Å². The SMILES string of the molecule is COc1cc(C(=O)N2CCC[C@H](c3nccn3CCCN(C)C)C2)ccn1. The molecule has 1 amide bonds. The Morgan fingerprint density at radius 1 is 1.33 bits per heavy atom. The maximum absolute atomic E-state index is 12.9. The summed E-state index contributed by atoms with van der Waals surface area (Å²) in [5.41, 5.74) is 0.622. The number of rotatable bonds is 7. The molecule has 0 spiro atoms. The van der Waals surface area contributed by atoms with Crippen LogP contribution in [0.5, 0.6) is 5.88 Å². The lowest BCUT2D eigenvalue weighted by atomic mass is 9.96. The van der Waals surface area contributed by atoms with Crippen LogP contribution in [0.3, 0.4) is 0 Å². The summed E-state index contributed by atoms with van der Waals surface area (Å²) in [5.74, 6) is 1.87. The highest BCUT2D eigenvalue weighted by atomic mass is 16.5. The van der Waals surface area contributed by atoms with Gasteiger partial charge < -0.3 is 19.1 Å². The van der Waals surface area contributed by atoms with Crippen molar-refractivity contribution in [2.24, 2.45) is 0 Å². The number of carbonyl (C=O) groups is 1. The molecule has 1 saturated heterocycles. The molecule has 0 aliphatic carbocycles. The molecule has 1 aliphatic rings. The molecule has 27 heavy (non-hydrogen) atoms. The molecule has 3 rings (SSSR count). The Bertz CT molecular complexity index is 758. The van der Waals surface area contributed by atoms with Crippen LogP contribution in [-0.4, -0.2) is 71.1 Å². The van der Waals surface area contributed by atoms with Crippen LogP contribution in [0.1, 0.15) is 41.4 Å². The fourth-order valence-corrected chi connectivity index (χ4v) is 3.64. The van der Waals surface area contributed by atoms with Crippen molar-refractivity contribution in [2.45, 2.75) is 31.7 Å². The fourth-order valence-electron chi connectivity index (χ4n) is 3.64. The van der Waals surface area contributed by atoms with E-state index in [2.05, 4.69) is 39.7 Å². The predicted octanol–water partition coefficient (Wildman–Crippen LogP) is 2.26. The Morgan fingerprint density at radius 3 is 2.96 bits per heavy atom. The van der Waals surface area contributed by atoms with Crippen LogP contribution in [0.15, 0.2) is 30.7 Å². The van der Waals surface area contributed by atoms with Crippen molar-refractivity contribution in [3.05, 3.63) is 42.1 Å². The van der Waals surface area contributed by atoms with Crippen LogP contribution in [0.2, 0.25) is 0 Å². The molecule has 2 aromatic rings. The third kappa shape index (κ3) is 4.86. The largest absolute Gasteiger partial charge is 0.481 e. The van der Waals surface area contributed by atoms with Crippen LogP contribution in [-0.2, 0) is 6.54 Å². The molecule has 3 heterocycles. The van der Waals surface area contributed by atoms with Crippen LogP contribution in [0, 0.1) is 0 Å². The van der Waals surface area contributed by atoms with Gasteiger partial charge in [-0.25, -0.2) is 9.97 Å². The summed E-state index contributed by atoms with van der Waals surface area (Å²) in [7, 11) is 5.74. The molecule has 1 atom stereocenters. The van der Waals surface area contributed by atoms with Gasteiger partial charge in [-0.15, -0.1) is 0 Å². The zero-order valence-electron chi connectivity index (χ0n) is 16.5. The van der Waals surface area contributed by atoms with Crippen molar-refractivity contribution in [3.8, 4) is 5.88 Å². The van der Waals surface area contributed by atoms with Gasteiger partial charge in [0.2, 0.25) is 5.88 Å². The van der Waals surface area contributed by atoms with E-state index in [9.17, 15) is 4.79 Å². The second kappa shape index (κ2) is 8.99. The molecule has 0 N–H and O–H groups in total. The Labute approximate surface area is 161 Å². The van der Waals surface area contributed by atoms with E-state index >= 15 is 0 Å². The average molecular weight is 371 g/mol. The normalized spacial score (nSPS) is 17.3. The Hall–Kier alpha value is -2.41. The number of hydrogen-bond donors (Lipinski definition) is 0. The summed E-state index contributed by atoms with van der Waals surface area (Å²) >= 11 is 0. The highest BCUT2D eigenvalue weighted by Gasteiger charge is 2.28. The van der Waals surface area contributed by atoms with E-state index in [4.69, 9.17) is 4.74 Å². The third-order valence-corrected chi connectivity index (χ3v) is 5.02. The number of nitrogens with zero attached hydrogens (tertiary/aromatic N) is 5. The van der Waals surface area contributed by atoms with Crippen molar-refractivity contribution in [1.29, 1.82) is 0 Å². The number of piperidine rings is 1. The number of carbonyl (C=O) groups excluding carboxylic acids is 1. The zero-order valence-corrected chi connectivity index (χ0v) is 16.5. The number of ether oxygens (including phenoxy) is 1. The first-order chi connectivity index (χ1) is 13.1. The molecule has 0 saturated carbocycles. The molecule has 7 heteroatoms. The van der Waals surface area contributed by atoms with E-state index in [1.54, 1.807) is 25.4 Å². The van der Waals surface area contributed by atoms with E-state index in [0.717, 1.165) is 44.7 Å². The number of imidazole rings is 1. The second-order valence-corrected chi connectivity index (χ2v) is 7.31. The predicted molar refractivity (Wildman–Crippen MR) is 104 cm³/mol. The highest BCUT2D eigenvalue weighted by Crippen LogP contribution is 2.27. The summed E-state index contributed by atoms with van der Waals surface area (Å²) in [6, 6.07) is 3.45. The molecule has 0 unspecified atom stereocenters. The first-order valence-electron chi connectivity index (χ1n) is 9.53. The van der Waals surface area contributed by atoms with Crippen LogP contribution >= 0.6 is 0 Å². The van der Waals surface area contributed by atoms with Gasteiger partial charge in [-0.3, -0.25) is 4.79 Å². The zero-order chi connectivity index (χ0) is 19.2. The lowest BCUT2D eigenvalue weighted by Crippen LogP contribution is -2.39. The standard InChI is InChI=1S/C20H29N5O2/c1-23(2)10-5-12-24-13-9-22-19(24)17-6-4-11-25(15-17)20(26)16-7-8-21-18(14-16)27-3/h7-9,13-14,17H,4-6,10-12,15H2,1-3H3/t17-/m0/s1. The number of amides is 1. The molecule has 0 bridgehead atoms. The quantitative estimate of drug-likeness (QED) is 0.747. The van der Waals surface area contributed by atoms with Gasteiger partial charge in [-0.05, 0) is 46.0 Å². The van der Waals surface area contributed by atoms with Gasteiger partial charge in [0, 0.05) is 55.8 Å². The maximum Gasteiger partial charge on any atom is 0.254 e. The van der Waals surface area contributed by atoms with Gasteiger partial charge in [-0.1, -0.05) is 0 Å². The monoisotopic (exact) mass is 371 g/mol. The number of aryl methyl sites for hydroxylation is 1. The molecule has 0 radical (unpaired) electrons. The molecule has 1 fully saturated rings. The van der Waals surface area contributed by atoms with E-state index in [1.807, 2.05) is 11.1 Å².